The highest BCUT2D eigenvalue weighted by Crippen LogP contribution is 2.39. The van der Waals surface area contributed by atoms with E-state index in [2.05, 4.69) is 0 Å². The topological polar surface area (TPSA) is 18.5 Å². The van der Waals surface area contributed by atoms with Crippen LogP contribution in [0.1, 0.15) is 11.1 Å². The van der Waals surface area contributed by atoms with E-state index in [4.69, 9.17) is 25.2 Å². The zero-order valence-electron chi connectivity index (χ0n) is 12.3. The van der Waals surface area contributed by atoms with Crippen molar-refractivity contribution in [1.29, 1.82) is 0 Å². The molecule has 4 heteroatoms. The Morgan fingerprint density at radius 1 is 0.700 bits per heavy atom. The van der Waals surface area contributed by atoms with Crippen LogP contribution in [0, 0.1) is 13.8 Å². The molecule has 2 rings (SSSR count). The van der Waals surface area contributed by atoms with Crippen molar-refractivity contribution in [3.63, 3.8) is 0 Å². The third kappa shape index (κ3) is 2.31. The fraction of sp³-hybridized carbons (Fsp3) is 0.250. The fourth-order valence-electron chi connectivity index (χ4n) is 2.37. The highest BCUT2D eigenvalue weighted by molar-refractivity contribution is 6.35. The van der Waals surface area contributed by atoms with E-state index in [-0.39, 0.29) is 0 Å². The Labute approximate surface area is 122 Å². The molecule has 2 nitrogen and oxygen atoms in total. The van der Waals surface area contributed by atoms with Gasteiger partial charge in [0.1, 0.15) is 27.2 Å². The van der Waals surface area contributed by atoms with Gasteiger partial charge in [-0.15, -0.1) is 0 Å². The second-order valence-electron chi connectivity index (χ2n) is 4.71. The Morgan fingerprint density at radius 2 is 1.05 bits per heavy atom. The molecule has 2 aromatic rings. The molecule has 98 valence electrons. The predicted octanol–water partition coefficient (Wildman–Crippen LogP) is 1.58. The summed E-state index contributed by atoms with van der Waals surface area (Å²) in [5.74, 6) is 1.51. The maximum atomic E-state index is 6.03. The lowest BCUT2D eigenvalue weighted by Gasteiger charge is -2.20. The van der Waals surface area contributed by atoms with Crippen LogP contribution in [0.4, 0.5) is 0 Å². The molecule has 2 aromatic carbocycles. The van der Waals surface area contributed by atoms with E-state index in [0.717, 1.165) is 33.8 Å². The number of methoxy groups -OCH3 is 2. The third-order valence-electron chi connectivity index (χ3n) is 3.63. The highest BCUT2D eigenvalue weighted by Gasteiger charge is 2.18. The minimum absolute atomic E-state index is 0.713. The molecule has 0 saturated heterocycles. The van der Waals surface area contributed by atoms with E-state index < -0.39 is 0 Å². The first-order valence-electron chi connectivity index (χ1n) is 6.37. The molecule has 0 aliphatic carbocycles. The van der Waals surface area contributed by atoms with Crippen LogP contribution in [-0.4, -0.2) is 29.9 Å². The molecule has 0 fully saturated rings. The van der Waals surface area contributed by atoms with Crippen molar-refractivity contribution >= 4 is 26.6 Å². The van der Waals surface area contributed by atoms with Gasteiger partial charge < -0.3 is 9.47 Å². The second kappa shape index (κ2) is 5.66. The minimum Gasteiger partial charge on any atom is -0.496 e. The summed E-state index contributed by atoms with van der Waals surface area (Å²) >= 11 is 0. The van der Waals surface area contributed by atoms with Gasteiger partial charge in [-0.05, 0) is 37.1 Å². The zero-order chi connectivity index (χ0) is 14.9. The maximum Gasteiger partial charge on any atom is 0.127 e. The number of hydrogen-bond donors (Lipinski definition) is 0. The van der Waals surface area contributed by atoms with Gasteiger partial charge in [-0.25, -0.2) is 0 Å². The van der Waals surface area contributed by atoms with Crippen LogP contribution in [0.15, 0.2) is 24.3 Å². The van der Waals surface area contributed by atoms with Crippen molar-refractivity contribution in [1.82, 2.24) is 0 Å². The van der Waals surface area contributed by atoms with Crippen LogP contribution in [0.3, 0.4) is 0 Å². The molecule has 0 N–H and O–H groups in total. The molecule has 0 atom stereocenters. The van der Waals surface area contributed by atoms with E-state index in [0.29, 0.717) is 10.9 Å². The largest absolute Gasteiger partial charge is 0.496 e. The number of benzene rings is 2. The zero-order valence-corrected chi connectivity index (χ0v) is 12.3. The standard InChI is InChI=1S/C16H16B2O2/c1-9-11(17)5-7-13(19-3)15(9)16-10(2)12(18)6-8-14(16)20-4/h5-8H,1-4H3. The van der Waals surface area contributed by atoms with Gasteiger partial charge >= 0.3 is 0 Å². The SMILES string of the molecule is [B]c1ccc(OC)c(-c2c(OC)ccc([B])c2C)c1C. The van der Waals surface area contributed by atoms with E-state index in [1.54, 1.807) is 14.2 Å². The lowest BCUT2D eigenvalue weighted by Crippen LogP contribution is -2.13. The summed E-state index contributed by atoms with van der Waals surface area (Å²) in [7, 11) is 15.4. The lowest BCUT2D eigenvalue weighted by atomic mass is 9.81. The van der Waals surface area contributed by atoms with Crippen molar-refractivity contribution in [2.24, 2.45) is 0 Å². The third-order valence-corrected chi connectivity index (χ3v) is 3.63. The molecule has 0 aromatic heterocycles. The van der Waals surface area contributed by atoms with Gasteiger partial charge in [0.2, 0.25) is 0 Å². The van der Waals surface area contributed by atoms with Crippen LogP contribution in [-0.2, 0) is 0 Å². The molecule has 4 radical (unpaired) electrons. The van der Waals surface area contributed by atoms with Crippen molar-refractivity contribution < 1.29 is 9.47 Å². The molecular formula is C16H16B2O2. The molecular weight excluding hydrogens is 246 g/mol. The Balaban J connectivity index is 2.87. The number of hydrogen-bond acceptors (Lipinski definition) is 2. The van der Waals surface area contributed by atoms with Crippen LogP contribution >= 0.6 is 0 Å². The second-order valence-corrected chi connectivity index (χ2v) is 4.71. The quantitative estimate of drug-likeness (QED) is 0.782. The van der Waals surface area contributed by atoms with Gasteiger partial charge in [0.15, 0.2) is 0 Å². The van der Waals surface area contributed by atoms with E-state index in [9.17, 15) is 0 Å². The van der Waals surface area contributed by atoms with Crippen LogP contribution in [0.2, 0.25) is 0 Å². The molecule has 0 aliphatic heterocycles. The van der Waals surface area contributed by atoms with Gasteiger partial charge in [0.25, 0.3) is 0 Å². The van der Waals surface area contributed by atoms with Crippen molar-refractivity contribution in [3.05, 3.63) is 35.4 Å². The molecule has 0 amide bonds. The van der Waals surface area contributed by atoms with E-state index >= 15 is 0 Å². The predicted molar refractivity (Wildman–Crippen MR) is 85.2 cm³/mol. The molecule has 0 bridgehead atoms. The summed E-state index contributed by atoms with van der Waals surface area (Å²) in [4.78, 5) is 0. The average molecular weight is 262 g/mol. The number of rotatable bonds is 3. The first kappa shape index (κ1) is 14.6. The molecule has 20 heavy (non-hydrogen) atoms. The summed E-state index contributed by atoms with van der Waals surface area (Å²) < 4.78 is 11.0. The van der Waals surface area contributed by atoms with Crippen LogP contribution < -0.4 is 20.4 Å². The summed E-state index contributed by atoms with van der Waals surface area (Å²) in [6.45, 7) is 3.94. The summed E-state index contributed by atoms with van der Waals surface area (Å²) in [6.07, 6.45) is 0. The maximum absolute atomic E-state index is 6.03. The average Bonchev–Trinajstić information content (AvgIpc) is 2.45. The minimum atomic E-state index is 0.713. The Morgan fingerprint density at radius 3 is 1.35 bits per heavy atom. The van der Waals surface area contributed by atoms with Gasteiger partial charge in [-0.2, -0.15) is 0 Å². The summed E-state index contributed by atoms with van der Waals surface area (Å²) in [5.41, 5.74) is 5.19. The monoisotopic (exact) mass is 262 g/mol. The highest BCUT2D eigenvalue weighted by atomic mass is 16.5. The molecule has 0 spiro atoms. The molecule has 0 saturated carbocycles. The number of ether oxygens (including phenoxy) is 2. The van der Waals surface area contributed by atoms with Crippen molar-refractivity contribution in [2.45, 2.75) is 13.8 Å². The van der Waals surface area contributed by atoms with Gasteiger partial charge in [0, 0.05) is 11.1 Å². The van der Waals surface area contributed by atoms with Crippen molar-refractivity contribution in [2.75, 3.05) is 14.2 Å². The van der Waals surface area contributed by atoms with E-state index in [1.165, 1.54) is 0 Å². The Kier molecular flexibility index (Phi) is 4.12. The van der Waals surface area contributed by atoms with Gasteiger partial charge in [0.05, 0.1) is 14.2 Å². The van der Waals surface area contributed by atoms with Gasteiger partial charge in [-0.1, -0.05) is 23.1 Å². The smallest absolute Gasteiger partial charge is 0.127 e. The van der Waals surface area contributed by atoms with Crippen LogP contribution in [0.5, 0.6) is 11.5 Å². The van der Waals surface area contributed by atoms with E-state index in [1.807, 2.05) is 38.1 Å². The molecule has 0 unspecified atom stereocenters. The van der Waals surface area contributed by atoms with Crippen LogP contribution in [0.25, 0.3) is 11.1 Å². The molecule has 0 heterocycles. The van der Waals surface area contributed by atoms with Gasteiger partial charge in [-0.3, -0.25) is 0 Å². The normalized spacial score (nSPS) is 10.4. The lowest BCUT2D eigenvalue weighted by molar-refractivity contribution is 0.410. The summed E-state index contributed by atoms with van der Waals surface area (Å²) in [6, 6.07) is 7.40. The Hall–Kier alpha value is -1.83. The first-order chi connectivity index (χ1) is 9.51. The Bertz CT molecular complexity index is 594. The summed E-state index contributed by atoms with van der Waals surface area (Å²) in [5, 5.41) is 0. The fourth-order valence-corrected chi connectivity index (χ4v) is 2.37. The first-order valence-corrected chi connectivity index (χ1v) is 6.37. The molecule has 0 aliphatic rings. The van der Waals surface area contributed by atoms with Crippen molar-refractivity contribution in [3.8, 4) is 22.6 Å².